The van der Waals surface area contributed by atoms with E-state index in [4.69, 9.17) is 9.47 Å². The molecule has 0 heterocycles. The topological polar surface area (TPSA) is 52.6 Å². The van der Waals surface area contributed by atoms with E-state index in [1.54, 1.807) is 36.4 Å². The van der Waals surface area contributed by atoms with Gasteiger partial charge in [-0.25, -0.2) is 9.59 Å². The monoisotopic (exact) mass is 376 g/mol. The fourth-order valence-corrected chi connectivity index (χ4v) is 2.21. The SMILES string of the molecule is CCCOC(=O)c1ccc(OC(=O)c2ccc(CBr)cc2)cc1. The van der Waals surface area contributed by atoms with E-state index in [0.717, 1.165) is 17.3 Å². The van der Waals surface area contributed by atoms with Crippen LogP contribution < -0.4 is 4.74 Å². The number of hydrogen-bond acceptors (Lipinski definition) is 4. The van der Waals surface area contributed by atoms with Gasteiger partial charge in [-0.1, -0.05) is 35.0 Å². The fraction of sp³-hybridized carbons (Fsp3) is 0.222. The molecule has 4 nitrogen and oxygen atoms in total. The first kappa shape index (κ1) is 17.2. The highest BCUT2D eigenvalue weighted by molar-refractivity contribution is 9.08. The average molecular weight is 377 g/mol. The van der Waals surface area contributed by atoms with Gasteiger partial charge in [0.1, 0.15) is 5.75 Å². The maximum atomic E-state index is 12.0. The molecule has 2 aromatic carbocycles. The second-order valence-electron chi connectivity index (χ2n) is 4.88. The lowest BCUT2D eigenvalue weighted by Gasteiger charge is -2.06. The van der Waals surface area contributed by atoms with Crippen molar-refractivity contribution in [3.8, 4) is 5.75 Å². The van der Waals surface area contributed by atoms with Crippen molar-refractivity contribution in [1.82, 2.24) is 0 Å². The molecule has 0 N–H and O–H groups in total. The van der Waals surface area contributed by atoms with Gasteiger partial charge in [0.05, 0.1) is 17.7 Å². The summed E-state index contributed by atoms with van der Waals surface area (Å²) < 4.78 is 10.3. The number of carbonyl (C=O) groups is 2. The highest BCUT2D eigenvalue weighted by Crippen LogP contribution is 2.16. The molecule has 5 heteroatoms. The van der Waals surface area contributed by atoms with Crippen LogP contribution in [0.4, 0.5) is 0 Å². The lowest BCUT2D eigenvalue weighted by molar-refractivity contribution is 0.0505. The molecule has 0 aliphatic heterocycles. The van der Waals surface area contributed by atoms with Crippen molar-refractivity contribution < 1.29 is 19.1 Å². The highest BCUT2D eigenvalue weighted by Gasteiger charge is 2.10. The van der Waals surface area contributed by atoms with Crippen molar-refractivity contribution in [2.24, 2.45) is 0 Å². The van der Waals surface area contributed by atoms with Gasteiger partial charge in [-0.2, -0.15) is 0 Å². The zero-order valence-electron chi connectivity index (χ0n) is 12.8. The Labute approximate surface area is 143 Å². The lowest BCUT2D eigenvalue weighted by Crippen LogP contribution is -2.09. The largest absolute Gasteiger partial charge is 0.462 e. The minimum Gasteiger partial charge on any atom is -0.462 e. The van der Waals surface area contributed by atoms with Gasteiger partial charge in [-0.3, -0.25) is 0 Å². The quantitative estimate of drug-likeness (QED) is 0.426. The molecular formula is C18H17BrO4. The van der Waals surface area contributed by atoms with Crippen LogP contribution in [0.25, 0.3) is 0 Å². The molecule has 23 heavy (non-hydrogen) atoms. The molecule has 0 aliphatic carbocycles. The number of benzene rings is 2. The molecular weight excluding hydrogens is 360 g/mol. The van der Waals surface area contributed by atoms with E-state index in [1.165, 1.54) is 0 Å². The predicted octanol–water partition coefficient (Wildman–Crippen LogP) is 4.37. The Morgan fingerprint density at radius 3 is 2.04 bits per heavy atom. The summed E-state index contributed by atoms with van der Waals surface area (Å²) in [5.41, 5.74) is 1.98. The Kier molecular flexibility index (Phi) is 6.35. The summed E-state index contributed by atoms with van der Waals surface area (Å²) in [7, 11) is 0. The van der Waals surface area contributed by atoms with Crippen LogP contribution in [0.5, 0.6) is 5.75 Å². The predicted molar refractivity (Wildman–Crippen MR) is 91.0 cm³/mol. The molecule has 0 unspecified atom stereocenters. The summed E-state index contributed by atoms with van der Waals surface area (Å²) >= 11 is 3.35. The third-order valence-corrected chi connectivity index (χ3v) is 3.73. The van der Waals surface area contributed by atoms with Gasteiger partial charge >= 0.3 is 11.9 Å². The molecule has 0 spiro atoms. The van der Waals surface area contributed by atoms with E-state index in [0.29, 0.717) is 23.5 Å². The van der Waals surface area contributed by atoms with E-state index in [2.05, 4.69) is 15.9 Å². The number of halogens is 1. The first-order valence-electron chi connectivity index (χ1n) is 7.28. The third kappa shape index (κ3) is 4.93. The summed E-state index contributed by atoms with van der Waals surface area (Å²) in [5, 5.41) is 0.734. The molecule has 2 rings (SSSR count). The van der Waals surface area contributed by atoms with Crippen LogP contribution in [0.3, 0.4) is 0 Å². The van der Waals surface area contributed by atoms with Gasteiger partial charge in [0.2, 0.25) is 0 Å². The van der Waals surface area contributed by atoms with E-state index in [9.17, 15) is 9.59 Å². The maximum absolute atomic E-state index is 12.0. The maximum Gasteiger partial charge on any atom is 0.343 e. The number of ether oxygens (including phenoxy) is 2. The molecule has 0 aromatic heterocycles. The second kappa shape index (κ2) is 8.48. The van der Waals surface area contributed by atoms with E-state index >= 15 is 0 Å². The zero-order valence-corrected chi connectivity index (χ0v) is 14.3. The molecule has 0 fully saturated rings. The van der Waals surface area contributed by atoms with Crippen LogP contribution in [0.15, 0.2) is 48.5 Å². The zero-order chi connectivity index (χ0) is 16.7. The van der Waals surface area contributed by atoms with Gasteiger partial charge in [-0.15, -0.1) is 0 Å². The van der Waals surface area contributed by atoms with Crippen molar-refractivity contribution >= 4 is 27.9 Å². The normalized spacial score (nSPS) is 10.2. The van der Waals surface area contributed by atoms with Crippen LogP contribution >= 0.6 is 15.9 Å². The molecule has 0 atom stereocenters. The van der Waals surface area contributed by atoms with Gasteiger partial charge < -0.3 is 9.47 Å². The molecule has 0 bridgehead atoms. The van der Waals surface area contributed by atoms with Crippen LogP contribution in [0.1, 0.15) is 39.6 Å². The molecule has 0 saturated heterocycles. The minimum absolute atomic E-state index is 0.380. The van der Waals surface area contributed by atoms with E-state index in [-0.39, 0.29) is 5.97 Å². The molecule has 0 aliphatic rings. The van der Waals surface area contributed by atoms with Crippen molar-refractivity contribution in [1.29, 1.82) is 0 Å². The van der Waals surface area contributed by atoms with Crippen molar-refractivity contribution in [2.75, 3.05) is 6.61 Å². The first-order valence-corrected chi connectivity index (χ1v) is 8.40. The molecule has 0 amide bonds. The number of alkyl halides is 1. The minimum atomic E-state index is -0.438. The fourth-order valence-electron chi connectivity index (χ4n) is 1.83. The Bertz CT molecular complexity index is 662. The van der Waals surface area contributed by atoms with Crippen LogP contribution in [0.2, 0.25) is 0 Å². The number of carbonyl (C=O) groups excluding carboxylic acids is 2. The van der Waals surface area contributed by atoms with Crippen LogP contribution in [0, 0.1) is 0 Å². The van der Waals surface area contributed by atoms with Gasteiger partial charge in [0, 0.05) is 5.33 Å². The van der Waals surface area contributed by atoms with Crippen molar-refractivity contribution in [3.05, 3.63) is 65.2 Å². The average Bonchev–Trinajstić information content (AvgIpc) is 2.60. The lowest BCUT2D eigenvalue weighted by atomic mass is 10.1. The van der Waals surface area contributed by atoms with Crippen LogP contribution in [-0.2, 0) is 10.1 Å². The summed E-state index contributed by atoms with van der Waals surface area (Å²) in [4.78, 5) is 23.7. The highest BCUT2D eigenvalue weighted by atomic mass is 79.9. The molecule has 0 saturated carbocycles. The van der Waals surface area contributed by atoms with Crippen molar-refractivity contribution in [3.63, 3.8) is 0 Å². The summed E-state index contributed by atoms with van der Waals surface area (Å²) in [6.45, 7) is 2.32. The van der Waals surface area contributed by atoms with Gasteiger partial charge in [0.25, 0.3) is 0 Å². The molecule has 120 valence electrons. The Balaban J connectivity index is 1.99. The Morgan fingerprint density at radius 1 is 0.913 bits per heavy atom. The summed E-state index contributed by atoms with van der Waals surface area (Å²) in [6.07, 6.45) is 0.773. The van der Waals surface area contributed by atoms with Crippen molar-refractivity contribution in [2.45, 2.75) is 18.7 Å². The number of rotatable bonds is 6. The van der Waals surface area contributed by atoms with Gasteiger partial charge in [-0.05, 0) is 48.4 Å². The Morgan fingerprint density at radius 2 is 1.48 bits per heavy atom. The third-order valence-electron chi connectivity index (χ3n) is 3.08. The summed E-state index contributed by atoms with van der Waals surface area (Å²) in [6, 6.07) is 13.5. The van der Waals surface area contributed by atoms with Crippen LogP contribution in [-0.4, -0.2) is 18.5 Å². The van der Waals surface area contributed by atoms with E-state index in [1.807, 2.05) is 19.1 Å². The number of esters is 2. The Hall–Kier alpha value is -2.14. The molecule has 0 radical (unpaired) electrons. The molecule has 2 aromatic rings. The first-order chi connectivity index (χ1) is 11.1. The second-order valence-corrected chi connectivity index (χ2v) is 5.44. The summed E-state index contributed by atoms with van der Waals surface area (Å²) in [5.74, 6) is -0.436. The van der Waals surface area contributed by atoms with E-state index < -0.39 is 5.97 Å². The van der Waals surface area contributed by atoms with Gasteiger partial charge in [0.15, 0.2) is 0 Å². The number of hydrogen-bond donors (Lipinski definition) is 0. The smallest absolute Gasteiger partial charge is 0.343 e. The standard InChI is InChI=1S/C18H17BrO4/c1-2-11-22-17(20)14-7-9-16(10-8-14)23-18(21)15-5-3-13(12-19)4-6-15/h3-10H,2,11-12H2,1H3.